The summed E-state index contributed by atoms with van der Waals surface area (Å²) in [6.45, 7) is 4.12. The summed E-state index contributed by atoms with van der Waals surface area (Å²) in [6.07, 6.45) is 9.99. The summed E-state index contributed by atoms with van der Waals surface area (Å²) in [5, 5.41) is 8.18. The van der Waals surface area contributed by atoms with E-state index in [9.17, 15) is 0 Å². The Balaban J connectivity index is 1.88. The fourth-order valence-corrected chi connectivity index (χ4v) is 2.04. The summed E-state index contributed by atoms with van der Waals surface area (Å²) in [6, 6.07) is 16.7. The van der Waals surface area contributed by atoms with Crippen molar-refractivity contribution in [3.05, 3.63) is 82.9 Å². The number of hydrogen-bond acceptors (Lipinski definition) is 2. The van der Waals surface area contributed by atoms with Gasteiger partial charge in [0, 0.05) is 0 Å². The Morgan fingerprint density at radius 2 is 1.36 bits per heavy atom. The molecule has 0 aromatic heterocycles. The van der Waals surface area contributed by atoms with E-state index in [2.05, 4.69) is 72.6 Å². The van der Waals surface area contributed by atoms with Crippen LogP contribution in [0.2, 0.25) is 0 Å². The summed E-state index contributed by atoms with van der Waals surface area (Å²) >= 11 is 0. The quantitative estimate of drug-likeness (QED) is 0.408. The van der Waals surface area contributed by atoms with Gasteiger partial charge < -0.3 is 0 Å². The van der Waals surface area contributed by atoms with Gasteiger partial charge in [-0.2, -0.15) is 10.2 Å². The molecule has 0 aliphatic carbocycles. The minimum atomic E-state index is 1.06. The normalized spacial score (nSPS) is 11.9. The van der Waals surface area contributed by atoms with Gasteiger partial charge in [-0.3, -0.25) is 0 Å². The minimum Gasteiger partial charge on any atom is -0.159 e. The Morgan fingerprint density at radius 1 is 0.818 bits per heavy atom. The molecule has 0 saturated carbocycles. The van der Waals surface area contributed by atoms with Gasteiger partial charge in [0.15, 0.2) is 0 Å². The second-order valence-corrected chi connectivity index (χ2v) is 5.25. The molecule has 112 valence electrons. The Kier molecular flexibility index (Phi) is 6.31. The topological polar surface area (TPSA) is 24.7 Å². The third-order valence-corrected chi connectivity index (χ3v) is 3.37. The predicted octanol–water partition coefficient (Wildman–Crippen LogP) is 4.96. The summed E-state index contributed by atoms with van der Waals surface area (Å²) in [7, 11) is 0. The molecule has 0 saturated heterocycles. The molecule has 0 fully saturated rings. The first-order valence-corrected chi connectivity index (χ1v) is 7.61. The molecule has 0 amide bonds. The van der Waals surface area contributed by atoms with Crippen molar-refractivity contribution in [3.8, 4) is 0 Å². The monoisotopic (exact) mass is 290 g/mol. The average Bonchev–Trinajstić information content (AvgIpc) is 2.55. The van der Waals surface area contributed by atoms with Crippen LogP contribution in [0, 0.1) is 6.92 Å². The SMILES string of the molecule is C/C=C/CCc1ccc(C=NN=Cc2ccc(C)cc2)cc1. The van der Waals surface area contributed by atoms with Crippen LogP contribution in [0.15, 0.2) is 70.9 Å². The van der Waals surface area contributed by atoms with Gasteiger partial charge in [0.1, 0.15) is 0 Å². The van der Waals surface area contributed by atoms with Crippen molar-refractivity contribution in [1.29, 1.82) is 0 Å². The maximum Gasteiger partial charge on any atom is 0.0568 e. The van der Waals surface area contributed by atoms with Gasteiger partial charge in [0.05, 0.1) is 12.4 Å². The van der Waals surface area contributed by atoms with Crippen LogP contribution in [0.3, 0.4) is 0 Å². The fourth-order valence-electron chi connectivity index (χ4n) is 2.04. The summed E-state index contributed by atoms with van der Waals surface area (Å²) in [5.74, 6) is 0. The van der Waals surface area contributed by atoms with Gasteiger partial charge in [-0.05, 0) is 43.4 Å². The van der Waals surface area contributed by atoms with E-state index in [4.69, 9.17) is 0 Å². The van der Waals surface area contributed by atoms with Crippen LogP contribution in [0.4, 0.5) is 0 Å². The van der Waals surface area contributed by atoms with E-state index in [0.717, 1.165) is 24.0 Å². The van der Waals surface area contributed by atoms with E-state index in [-0.39, 0.29) is 0 Å². The molecule has 0 atom stereocenters. The van der Waals surface area contributed by atoms with Gasteiger partial charge in [0.25, 0.3) is 0 Å². The first-order valence-electron chi connectivity index (χ1n) is 7.61. The molecule has 2 rings (SSSR count). The van der Waals surface area contributed by atoms with Gasteiger partial charge >= 0.3 is 0 Å². The number of allylic oxidation sites excluding steroid dienone is 2. The van der Waals surface area contributed by atoms with Crippen molar-refractivity contribution in [2.45, 2.75) is 26.7 Å². The average molecular weight is 290 g/mol. The minimum absolute atomic E-state index is 1.06. The zero-order valence-electron chi connectivity index (χ0n) is 13.2. The van der Waals surface area contributed by atoms with Gasteiger partial charge in [-0.15, -0.1) is 0 Å². The third-order valence-electron chi connectivity index (χ3n) is 3.37. The van der Waals surface area contributed by atoms with Crippen LogP contribution in [-0.2, 0) is 6.42 Å². The van der Waals surface area contributed by atoms with E-state index >= 15 is 0 Å². The molecule has 2 aromatic rings. The Bertz CT molecular complexity index is 647. The van der Waals surface area contributed by atoms with E-state index in [1.54, 1.807) is 12.4 Å². The van der Waals surface area contributed by atoms with Crippen LogP contribution in [0.1, 0.15) is 35.6 Å². The smallest absolute Gasteiger partial charge is 0.0568 e. The van der Waals surface area contributed by atoms with Crippen molar-refractivity contribution in [3.63, 3.8) is 0 Å². The summed E-state index contributed by atoms with van der Waals surface area (Å²) in [5.41, 5.74) is 4.71. The highest BCUT2D eigenvalue weighted by Gasteiger charge is 1.92. The third kappa shape index (κ3) is 5.49. The van der Waals surface area contributed by atoms with Crippen LogP contribution >= 0.6 is 0 Å². The summed E-state index contributed by atoms with van der Waals surface area (Å²) in [4.78, 5) is 0. The molecule has 0 radical (unpaired) electrons. The standard InChI is InChI=1S/C20H22N2/c1-3-4-5-6-18-11-13-20(14-12-18)16-22-21-15-19-9-7-17(2)8-10-19/h3-4,7-16H,5-6H2,1-2H3/b4-3+,21-15?,22-16?. The lowest BCUT2D eigenvalue weighted by Gasteiger charge is -1.98. The lowest BCUT2D eigenvalue weighted by molar-refractivity contribution is 0.999. The predicted molar refractivity (Wildman–Crippen MR) is 95.9 cm³/mol. The molecule has 22 heavy (non-hydrogen) atoms. The van der Waals surface area contributed by atoms with Crippen molar-refractivity contribution >= 4 is 12.4 Å². The molecule has 0 heterocycles. The number of hydrogen-bond donors (Lipinski definition) is 0. The maximum absolute atomic E-state index is 4.10. The molecule has 0 N–H and O–H groups in total. The molecule has 2 aromatic carbocycles. The van der Waals surface area contributed by atoms with Gasteiger partial charge in [-0.1, -0.05) is 66.2 Å². The number of aryl methyl sites for hydroxylation is 2. The Hall–Kier alpha value is -2.48. The van der Waals surface area contributed by atoms with E-state index in [1.807, 2.05) is 12.1 Å². The van der Waals surface area contributed by atoms with Crippen LogP contribution < -0.4 is 0 Å². The summed E-state index contributed by atoms with van der Waals surface area (Å²) < 4.78 is 0. The Labute approximate surface area is 132 Å². The first-order chi connectivity index (χ1) is 10.8. The molecule has 0 aliphatic heterocycles. The zero-order valence-corrected chi connectivity index (χ0v) is 13.2. The lowest BCUT2D eigenvalue weighted by atomic mass is 10.1. The van der Waals surface area contributed by atoms with E-state index in [0.29, 0.717) is 0 Å². The van der Waals surface area contributed by atoms with Crippen LogP contribution in [0.5, 0.6) is 0 Å². The molecule has 0 spiro atoms. The molecule has 0 unspecified atom stereocenters. The zero-order chi connectivity index (χ0) is 15.6. The number of rotatable bonds is 6. The van der Waals surface area contributed by atoms with Crippen molar-refractivity contribution in [2.75, 3.05) is 0 Å². The largest absolute Gasteiger partial charge is 0.159 e. The van der Waals surface area contributed by atoms with Crippen molar-refractivity contribution in [2.24, 2.45) is 10.2 Å². The van der Waals surface area contributed by atoms with E-state index in [1.165, 1.54) is 11.1 Å². The fraction of sp³-hybridized carbons (Fsp3) is 0.200. The van der Waals surface area contributed by atoms with Crippen LogP contribution in [-0.4, -0.2) is 12.4 Å². The van der Waals surface area contributed by atoms with Gasteiger partial charge in [-0.25, -0.2) is 0 Å². The number of nitrogens with zero attached hydrogens (tertiary/aromatic N) is 2. The molecule has 0 bridgehead atoms. The lowest BCUT2D eigenvalue weighted by Crippen LogP contribution is -1.86. The van der Waals surface area contributed by atoms with Gasteiger partial charge in [0.2, 0.25) is 0 Å². The second-order valence-electron chi connectivity index (χ2n) is 5.25. The molecule has 0 aliphatic rings. The van der Waals surface area contributed by atoms with E-state index < -0.39 is 0 Å². The number of benzene rings is 2. The highest BCUT2D eigenvalue weighted by atomic mass is 15.2. The van der Waals surface area contributed by atoms with Crippen molar-refractivity contribution < 1.29 is 0 Å². The maximum atomic E-state index is 4.10. The highest BCUT2D eigenvalue weighted by molar-refractivity contribution is 5.82. The molecule has 2 heteroatoms. The first kappa shape index (κ1) is 15.9. The highest BCUT2D eigenvalue weighted by Crippen LogP contribution is 2.06. The molecular formula is C20H22N2. The van der Waals surface area contributed by atoms with Crippen LogP contribution in [0.25, 0.3) is 0 Å². The van der Waals surface area contributed by atoms with Crippen molar-refractivity contribution in [1.82, 2.24) is 0 Å². The molecule has 2 nitrogen and oxygen atoms in total. The molecular weight excluding hydrogens is 268 g/mol. The second kappa shape index (κ2) is 8.73. The Morgan fingerprint density at radius 3 is 1.91 bits per heavy atom.